The molecule has 0 saturated heterocycles. The number of hydrogen-bond donors (Lipinski definition) is 0. The van der Waals surface area contributed by atoms with Gasteiger partial charge in [0.1, 0.15) is 5.76 Å². The SMILES string of the molecule is C=C/C(=C\C=C(/C)Br)OC. The second kappa shape index (κ2) is 5.30. The molecule has 0 aromatic rings. The van der Waals surface area contributed by atoms with Crippen molar-refractivity contribution >= 4 is 15.9 Å². The van der Waals surface area contributed by atoms with Crippen LogP contribution in [0, 0.1) is 0 Å². The van der Waals surface area contributed by atoms with Crippen LogP contribution in [0.3, 0.4) is 0 Å². The molecule has 0 aliphatic heterocycles. The highest BCUT2D eigenvalue weighted by molar-refractivity contribution is 9.11. The highest BCUT2D eigenvalue weighted by Crippen LogP contribution is 2.04. The first kappa shape index (κ1) is 9.50. The predicted octanol–water partition coefficient (Wildman–Crippen LogP) is 3.00. The largest absolute Gasteiger partial charge is 0.497 e. The smallest absolute Gasteiger partial charge is 0.118 e. The molecule has 0 aliphatic rings. The Bertz CT molecular complexity index is 164. The zero-order valence-corrected chi connectivity index (χ0v) is 7.81. The molecule has 0 aliphatic carbocycles. The minimum absolute atomic E-state index is 0.763. The van der Waals surface area contributed by atoms with Gasteiger partial charge in [-0.2, -0.15) is 0 Å². The summed E-state index contributed by atoms with van der Waals surface area (Å²) >= 11 is 3.29. The van der Waals surface area contributed by atoms with Gasteiger partial charge in [-0.25, -0.2) is 0 Å². The van der Waals surface area contributed by atoms with Crippen molar-refractivity contribution in [3.63, 3.8) is 0 Å². The molecule has 0 saturated carbocycles. The molecule has 0 spiro atoms. The maximum atomic E-state index is 4.93. The number of ether oxygens (including phenoxy) is 1. The molecule has 0 aromatic heterocycles. The van der Waals surface area contributed by atoms with Gasteiger partial charge in [0, 0.05) is 0 Å². The number of halogens is 1. The predicted molar refractivity (Wildman–Crippen MR) is 48.0 cm³/mol. The van der Waals surface area contributed by atoms with Crippen LogP contribution in [0.4, 0.5) is 0 Å². The highest BCUT2D eigenvalue weighted by atomic mass is 79.9. The summed E-state index contributed by atoms with van der Waals surface area (Å²) in [6, 6.07) is 0. The zero-order chi connectivity index (χ0) is 7.98. The van der Waals surface area contributed by atoms with E-state index < -0.39 is 0 Å². The average molecular weight is 203 g/mol. The Balaban J connectivity index is 4.12. The Kier molecular flexibility index (Phi) is 5.03. The fourth-order valence-corrected chi connectivity index (χ4v) is 0.549. The number of allylic oxidation sites excluding steroid dienone is 4. The van der Waals surface area contributed by atoms with Gasteiger partial charge in [0.15, 0.2) is 0 Å². The topological polar surface area (TPSA) is 9.23 Å². The summed E-state index contributed by atoms with van der Waals surface area (Å²) in [5.41, 5.74) is 0. The first-order valence-electron chi connectivity index (χ1n) is 2.91. The van der Waals surface area contributed by atoms with Crippen molar-refractivity contribution in [1.82, 2.24) is 0 Å². The summed E-state index contributed by atoms with van der Waals surface area (Å²) in [7, 11) is 1.62. The molecule has 0 radical (unpaired) electrons. The van der Waals surface area contributed by atoms with E-state index >= 15 is 0 Å². The van der Waals surface area contributed by atoms with Crippen LogP contribution < -0.4 is 0 Å². The van der Waals surface area contributed by atoms with Gasteiger partial charge in [-0.3, -0.25) is 0 Å². The van der Waals surface area contributed by atoms with Gasteiger partial charge >= 0.3 is 0 Å². The van der Waals surface area contributed by atoms with Crippen LogP contribution in [-0.2, 0) is 4.74 Å². The van der Waals surface area contributed by atoms with Crippen LogP contribution in [0.15, 0.2) is 35.0 Å². The molecule has 10 heavy (non-hydrogen) atoms. The molecule has 0 atom stereocenters. The van der Waals surface area contributed by atoms with Crippen molar-refractivity contribution in [3.05, 3.63) is 35.0 Å². The fraction of sp³-hybridized carbons (Fsp3) is 0.250. The molecule has 0 aromatic carbocycles. The van der Waals surface area contributed by atoms with Gasteiger partial charge in [-0.1, -0.05) is 22.5 Å². The lowest BCUT2D eigenvalue weighted by atomic mass is 10.4. The standard InChI is InChI=1S/C8H11BrO/c1-4-8(10-3)6-5-7(2)9/h4-6H,1H2,2-3H3/b7-5+,8-6+. The molecule has 0 heterocycles. The Morgan fingerprint density at radius 3 is 2.40 bits per heavy atom. The van der Waals surface area contributed by atoms with E-state index in [-0.39, 0.29) is 0 Å². The number of hydrogen-bond acceptors (Lipinski definition) is 1. The second-order valence-electron chi connectivity index (χ2n) is 1.73. The highest BCUT2D eigenvalue weighted by Gasteiger charge is 1.82. The molecule has 0 fully saturated rings. The van der Waals surface area contributed by atoms with Crippen molar-refractivity contribution in [3.8, 4) is 0 Å². The molecule has 2 heteroatoms. The summed E-state index contributed by atoms with van der Waals surface area (Å²) in [6.07, 6.45) is 5.41. The first-order valence-corrected chi connectivity index (χ1v) is 3.70. The van der Waals surface area contributed by atoms with Gasteiger partial charge in [-0.15, -0.1) is 0 Å². The lowest BCUT2D eigenvalue weighted by molar-refractivity contribution is 0.307. The van der Waals surface area contributed by atoms with E-state index in [4.69, 9.17) is 4.74 Å². The van der Waals surface area contributed by atoms with Gasteiger partial charge in [0.25, 0.3) is 0 Å². The lowest BCUT2D eigenvalue weighted by Gasteiger charge is -1.95. The average Bonchev–Trinajstić information content (AvgIpc) is 1.90. The van der Waals surface area contributed by atoms with Crippen LogP contribution in [-0.4, -0.2) is 7.11 Å². The van der Waals surface area contributed by atoms with Crippen molar-refractivity contribution in [2.75, 3.05) is 7.11 Å². The van der Waals surface area contributed by atoms with E-state index in [1.807, 2.05) is 19.1 Å². The minimum Gasteiger partial charge on any atom is -0.497 e. The molecule has 0 N–H and O–H groups in total. The maximum Gasteiger partial charge on any atom is 0.118 e. The van der Waals surface area contributed by atoms with Crippen LogP contribution in [0.25, 0.3) is 0 Å². The van der Waals surface area contributed by atoms with Crippen molar-refractivity contribution in [2.24, 2.45) is 0 Å². The third-order valence-corrected chi connectivity index (χ3v) is 1.18. The Morgan fingerprint density at radius 2 is 2.10 bits per heavy atom. The molecule has 56 valence electrons. The molecule has 0 bridgehead atoms. The van der Waals surface area contributed by atoms with Crippen LogP contribution in [0.2, 0.25) is 0 Å². The van der Waals surface area contributed by atoms with Crippen LogP contribution in [0.1, 0.15) is 6.92 Å². The Hall–Kier alpha value is -0.500. The third-order valence-electron chi connectivity index (χ3n) is 0.914. The maximum absolute atomic E-state index is 4.93. The fourth-order valence-electron chi connectivity index (χ4n) is 0.416. The van der Waals surface area contributed by atoms with Gasteiger partial charge in [0.05, 0.1) is 7.11 Å². The summed E-state index contributed by atoms with van der Waals surface area (Å²) in [5, 5.41) is 0. The van der Waals surface area contributed by atoms with E-state index in [0.29, 0.717) is 0 Å². The Labute approximate surface area is 70.2 Å². The summed E-state index contributed by atoms with van der Waals surface area (Å²) in [5.74, 6) is 0.763. The Morgan fingerprint density at radius 1 is 1.50 bits per heavy atom. The van der Waals surface area contributed by atoms with E-state index in [0.717, 1.165) is 10.2 Å². The normalized spacial score (nSPS) is 13.1. The number of methoxy groups -OCH3 is 1. The molecular formula is C8H11BrO. The summed E-state index contributed by atoms with van der Waals surface area (Å²) in [6.45, 7) is 5.52. The van der Waals surface area contributed by atoms with Crippen LogP contribution >= 0.6 is 15.9 Å². The van der Waals surface area contributed by atoms with E-state index in [2.05, 4.69) is 22.5 Å². The first-order chi connectivity index (χ1) is 4.70. The minimum atomic E-state index is 0.763. The zero-order valence-electron chi connectivity index (χ0n) is 6.23. The van der Waals surface area contributed by atoms with Gasteiger partial charge in [-0.05, 0) is 29.6 Å². The monoisotopic (exact) mass is 202 g/mol. The van der Waals surface area contributed by atoms with Crippen molar-refractivity contribution in [2.45, 2.75) is 6.92 Å². The van der Waals surface area contributed by atoms with E-state index in [9.17, 15) is 0 Å². The quantitative estimate of drug-likeness (QED) is 0.506. The summed E-state index contributed by atoms with van der Waals surface area (Å²) in [4.78, 5) is 0. The molecular weight excluding hydrogens is 192 g/mol. The molecule has 1 nitrogen and oxygen atoms in total. The van der Waals surface area contributed by atoms with E-state index in [1.165, 1.54) is 0 Å². The lowest BCUT2D eigenvalue weighted by Crippen LogP contribution is -1.78. The van der Waals surface area contributed by atoms with Gasteiger partial charge < -0.3 is 4.74 Å². The molecule has 0 unspecified atom stereocenters. The number of rotatable bonds is 3. The second-order valence-corrected chi connectivity index (χ2v) is 2.98. The van der Waals surface area contributed by atoms with Crippen LogP contribution in [0.5, 0.6) is 0 Å². The molecule has 0 amide bonds. The van der Waals surface area contributed by atoms with E-state index in [1.54, 1.807) is 13.2 Å². The van der Waals surface area contributed by atoms with Crippen molar-refractivity contribution in [1.29, 1.82) is 0 Å². The third kappa shape index (κ3) is 4.39. The van der Waals surface area contributed by atoms with Gasteiger partial charge in [0.2, 0.25) is 0 Å². The molecule has 0 rings (SSSR count). The van der Waals surface area contributed by atoms with Crippen molar-refractivity contribution < 1.29 is 4.74 Å². The summed E-state index contributed by atoms with van der Waals surface area (Å²) < 4.78 is 5.99.